The van der Waals surface area contributed by atoms with E-state index in [1.165, 1.54) is 108 Å². The first-order valence-electron chi connectivity index (χ1n) is 36.3. The van der Waals surface area contributed by atoms with E-state index < -0.39 is 0 Å². The molecule has 6 aliphatic heterocycles. The quantitative estimate of drug-likeness (QED) is 0.0628. The Kier molecular flexibility index (Phi) is 34.8. The summed E-state index contributed by atoms with van der Waals surface area (Å²) < 4.78 is 30.8. The zero-order chi connectivity index (χ0) is 70.2. The Morgan fingerprint density at radius 1 is 0.433 bits per heavy atom. The number of halogens is 2. The molecule has 0 amide bonds. The number of carbonyl (C=O) groups is 6. The molecule has 2 N–H and O–H groups in total. The molecule has 0 aromatic heterocycles. The van der Waals surface area contributed by atoms with Gasteiger partial charge in [-0.1, -0.05) is 71.2 Å². The maximum absolute atomic E-state index is 12.7. The van der Waals surface area contributed by atoms with Crippen LogP contribution in [0.5, 0.6) is 5.75 Å². The number of likely N-dealkylation sites (tertiary alicyclic amines) is 5. The summed E-state index contributed by atoms with van der Waals surface area (Å²) in [5.74, 6) is 1.10. The molecule has 0 bridgehead atoms. The summed E-state index contributed by atoms with van der Waals surface area (Å²) in [5, 5.41) is 18.6. The van der Waals surface area contributed by atoms with Crippen LogP contribution in [-0.4, -0.2) is 174 Å². The lowest BCUT2D eigenvalue weighted by Gasteiger charge is -2.26. The molecule has 0 saturated carbocycles. The van der Waals surface area contributed by atoms with Crippen molar-refractivity contribution in [2.75, 3.05) is 105 Å². The Balaban J connectivity index is 0.000000191. The van der Waals surface area contributed by atoms with Crippen LogP contribution in [0.25, 0.3) is 0 Å². The van der Waals surface area contributed by atoms with Gasteiger partial charge in [-0.15, -0.1) is 0 Å². The first kappa shape index (κ1) is 79.5. The van der Waals surface area contributed by atoms with Gasteiger partial charge in [0.25, 0.3) is 0 Å². The average molecular weight is 1340 g/mol. The van der Waals surface area contributed by atoms with E-state index in [0.29, 0.717) is 42.4 Å². The third kappa shape index (κ3) is 25.9. The van der Waals surface area contributed by atoms with Crippen molar-refractivity contribution in [3.63, 3.8) is 0 Å². The van der Waals surface area contributed by atoms with Gasteiger partial charge < -0.3 is 39.4 Å². The largest absolute Gasteiger partial charge is 0.486 e. The van der Waals surface area contributed by atoms with Crippen molar-refractivity contribution in [2.45, 2.75) is 178 Å². The minimum absolute atomic E-state index is 0.0322. The van der Waals surface area contributed by atoms with E-state index in [-0.39, 0.29) is 78.0 Å². The number of Topliss-reactive ketones (excluding diaryl/α,β-unsaturated/α-hetero) is 6. The van der Waals surface area contributed by atoms with E-state index >= 15 is 0 Å². The summed E-state index contributed by atoms with van der Waals surface area (Å²) in [6, 6.07) is 24.6. The molecule has 5 aromatic carbocycles. The molecule has 11 rings (SSSR count). The van der Waals surface area contributed by atoms with Gasteiger partial charge in [0.2, 0.25) is 0 Å². The zero-order valence-corrected chi connectivity index (χ0v) is 59.8. The van der Waals surface area contributed by atoms with E-state index in [0.717, 1.165) is 154 Å². The van der Waals surface area contributed by atoms with Gasteiger partial charge >= 0.3 is 0 Å². The molecule has 97 heavy (non-hydrogen) atoms. The maximum Gasteiger partial charge on any atom is 0.174 e. The second-order valence-electron chi connectivity index (χ2n) is 27.0. The normalized spacial score (nSPS) is 17.3. The molecule has 6 aliphatic rings. The number of ketones is 6. The lowest BCUT2D eigenvalue weighted by Crippen LogP contribution is -2.31. The van der Waals surface area contributed by atoms with Crippen LogP contribution in [0.1, 0.15) is 221 Å². The number of hydrogen-bond acceptors (Lipinski definition) is 14. The predicted molar refractivity (Wildman–Crippen MR) is 385 cm³/mol. The molecule has 5 saturated heterocycles. The first-order chi connectivity index (χ1) is 46.8. The van der Waals surface area contributed by atoms with E-state index in [1.807, 2.05) is 97.9 Å². The van der Waals surface area contributed by atoms with E-state index in [1.54, 1.807) is 24.3 Å². The molecule has 5 fully saturated rings. The van der Waals surface area contributed by atoms with Gasteiger partial charge in [-0.2, -0.15) is 0 Å². The fourth-order valence-corrected chi connectivity index (χ4v) is 13.5. The van der Waals surface area contributed by atoms with E-state index in [4.69, 9.17) is 4.74 Å². The van der Waals surface area contributed by atoms with Gasteiger partial charge in [0.15, 0.2) is 34.7 Å². The van der Waals surface area contributed by atoms with Crippen molar-refractivity contribution in [1.82, 2.24) is 24.5 Å². The number of carbonyl (C=O) groups excluding carboxylic acids is 6. The highest BCUT2D eigenvalue weighted by Crippen LogP contribution is 2.27. The number of nitrogens with zero attached hydrogens (tertiary/aromatic N) is 5. The van der Waals surface area contributed by atoms with Gasteiger partial charge in [-0.05, 0) is 257 Å². The molecule has 14 nitrogen and oxygen atoms in total. The van der Waals surface area contributed by atoms with Crippen LogP contribution in [0.3, 0.4) is 0 Å². The van der Waals surface area contributed by atoms with Crippen molar-refractivity contribution in [3.05, 3.63) is 169 Å². The van der Waals surface area contributed by atoms with Crippen molar-refractivity contribution >= 4 is 34.7 Å². The molecule has 0 aliphatic carbocycles. The highest BCUT2D eigenvalue weighted by atomic mass is 19.1. The van der Waals surface area contributed by atoms with Crippen LogP contribution in [0, 0.1) is 51.2 Å². The number of benzene rings is 5. The minimum Gasteiger partial charge on any atom is -0.486 e. The van der Waals surface area contributed by atoms with Gasteiger partial charge in [0.05, 0.1) is 13.2 Å². The van der Waals surface area contributed by atoms with Crippen LogP contribution in [0.15, 0.2) is 91.0 Å². The van der Waals surface area contributed by atoms with E-state index in [9.17, 15) is 47.8 Å². The van der Waals surface area contributed by atoms with Crippen molar-refractivity contribution in [1.29, 1.82) is 0 Å². The van der Waals surface area contributed by atoms with Crippen molar-refractivity contribution in [2.24, 2.45) is 11.8 Å². The SMILES string of the molecule is CC.Cc1c(CO)ccc(C(=O)C(C)CN2CCCC2)c1C.Cc1c(CO)ccc(C(=O)C(C)CN2CCCC2)c1C.O=C(CCN1CCCCC1)c1ccc(F)cc1.O=C(CCN1CCCCC1)c1ccc(F)cc1.O=C1COc2ccc(C(=O)CCN3CCCCC3)cc2C1. The summed E-state index contributed by atoms with van der Waals surface area (Å²) in [4.78, 5) is 84.5. The van der Waals surface area contributed by atoms with Crippen LogP contribution >= 0.6 is 0 Å². The molecule has 2 unspecified atom stereocenters. The van der Waals surface area contributed by atoms with E-state index in [2.05, 4.69) is 24.5 Å². The highest BCUT2D eigenvalue weighted by Gasteiger charge is 2.26. The minimum atomic E-state index is -0.294. The summed E-state index contributed by atoms with van der Waals surface area (Å²) in [5.41, 5.74) is 10.3. The molecule has 5 aromatic rings. The second kappa shape index (κ2) is 42.5. The third-order valence-corrected chi connectivity index (χ3v) is 19.8. The van der Waals surface area contributed by atoms with Gasteiger partial charge in [0, 0.05) is 104 Å². The Labute approximate surface area is 578 Å². The fourth-order valence-electron chi connectivity index (χ4n) is 13.5. The highest BCUT2D eigenvalue weighted by molar-refractivity contribution is 6.00. The van der Waals surface area contributed by atoms with Gasteiger partial charge in [-0.25, -0.2) is 8.78 Å². The number of aliphatic hydroxyl groups excluding tert-OH is 2. The average Bonchev–Trinajstić information content (AvgIpc) is 1.01. The Morgan fingerprint density at radius 3 is 1.10 bits per heavy atom. The number of hydrogen-bond donors (Lipinski definition) is 2. The number of rotatable bonds is 22. The number of aliphatic hydroxyl groups is 2. The zero-order valence-electron chi connectivity index (χ0n) is 59.8. The number of fused-ring (bicyclic) bond motifs is 1. The standard InChI is InChI=1S/C17H21NO3.2C17H25NO2.2C14H18FNO.C2H6/c19-15-11-14-10-13(4-5-17(14)21-12-15)16(20)6-9-18-7-2-1-3-8-18;2*1-12(10-18-8-4-5-9-18)17(20)16-7-6-15(11-19)13(2)14(16)3;2*15-13-6-4-12(5-7-13)14(17)8-11-16-9-2-1-3-10-16;1-2/h4-5,10H,1-3,6-9,11-12H2;2*6-7,12,19H,4-5,8-11H2,1-3H3;2*4-7H,1-3,8-11H2;1-2H3. The molecule has 0 spiro atoms. The van der Waals surface area contributed by atoms with Crippen LogP contribution in [0.4, 0.5) is 8.78 Å². The second-order valence-corrected chi connectivity index (χ2v) is 27.0. The molecule has 16 heteroatoms. The molecule has 6 heterocycles. The number of ether oxygens (including phenoxy) is 1. The summed E-state index contributed by atoms with van der Waals surface area (Å²) in [7, 11) is 0. The maximum atomic E-state index is 12.7. The monoisotopic (exact) mass is 1340 g/mol. The Morgan fingerprint density at radius 2 is 0.753 bits per heavy atom. The van der Waals surface area contributed by atoms with Crippen LogP contribution in [-0.2, 0) is 24.4 Å². The lowest BCUT2D eigenvalue weighted by molar-refractivity contribution is -0.121. The van der Waals surface area contributed by atoms with Crippen LogP contribution in [0.2, 0.25) is 0 Å². The van der Waals surface area contributed by atoms with Crippen LogP contribution < -0.4 is 4.74 Å². The van der Waals surface area contributed by atoms with Gasteiger partial charge in [-0.3, -0.25) is 28.8 Å². The summed E-state index contributed by atoms with van der Waals surface area (Å²) >= 11 is 0. The first-order valence-corrected chi connectivity index (χ1v) is 36.3. The summed E-state index contributed by atoms with van der Waals surface area (Å²) in [6.07, 6.45) is 18.4. The summed E-state index contributed by atoms with van der Waals surface area (Å²) in [6.45, 7) is 31.5. The molecule has 530 valence electrons. The topological polar surface area (TPSA) is 168 Å². The number of piperidine rings is 3. The van der Waals surface area contributed by atoms with Gasteiger partial charge in [0.1, 0.15) is 24.0 Å². The molecular weight excluding hydrogens is 1220 g/mol. The Hall–Kier alpha value is -6.50. The fraction of sp³-hybridized carbons (Fsp3) is 0.556. The van der Waals surface area contributed by atoms with Crippen molar-refractivity contribution in [3.8, 4) is 5.75 Å². The predicted octanol–water partition coefficient (Wildman–Crippen LogP) is 14.5. The molecular formula is C81H113F2N5O9. The third-order valence-electron chi connectivity index (χ3n) is 19.8. The van der Waals surface area contributed by atoms with Crippen molar-refractivity contribution < 1.29 is 52.5 Å². The smallest absolute Gasteiger partial charge is 0.174 e. The lowest BCUT2D eigenvalue weighted by atomic mass is 9.91. The molecule has 0 radical (unpaired) electrons. The Bertz CT molecular complexity index is 3100. The molecule has 2 atom stereocenters.